The van der Waals surface area contributed by atoms with E-state index in [0.29, 0.717) is 0 Å². The van der Waals surface area contributed by atoms with Crippen molar-refractivity contribution in [3.05, 3.63) is 33.6 Å². The van der Waals surface area contributed by atoms with Gasteiger partial charge in [0.25, 0.3) is 0 Å². The molecule has 2 aliphatic rings. The molecule has 0 bridgehead atoms. The molecular weight excluding hydrogens is 226 g/mol. The molecule has 1 aliphatic carbocycles. The predicted molar refractivity (Wildman–Crippen MR) is 77.8 cm³/mol. The molecule has 0 radical (unpaired) electrons. The Hall–Kier alpha value is -0.470. The van der Waals surface area contributed by atoms with Crippen molar-refractivity contribution >= 4 is 11.8 Å². The molecule has 2 rings (SSSR count). The minimum Gasteiger partial charge on any atom is -0.330 e. The van der Waals surface area contributed by atoms with Gasteiger partial charge in [-0.1, -0.05) is 30.0 Å². The van der Waals surface area contributed by atoms with E-state index >= 15 is 0 Å². The molecule has 1 nitrogen and oxygen atoms in total. The second kappa shape index (κ2) is 6.46. The highest BCUT2D eigenvalue weighted by Gasteiger charge is 2.16. The molecular formula is C15H23NS. The molecule has 0 aromatic carbocycles. The molecule has 2 heteroatoms. The average Bonchev–Trinajstić information content (AvgIpc) is 2.55. The Morgan fingerprint density at radius 2 is 2.18 bits per heavy atom. The summed E-state index contributed by atoms with van der Waals surface area (Å²) in [5.41, 5.74) is 7.25. The van der Waals surface area contributed by atoms with Crippen molar-refractivity contribution in [2.45, 2.75) is 45.4 Å². The monoisotopic (exact) mass is 249 g/mol. The third-order valence-corrected chi connectivity index (χ3v) is 4.80. The van der Waals surface area contributed by atoms with E-state index in [2.05, 4.69) is 25.2 Å². The Bertz CT molecular complexity index is 352. The van der Waals surface area contributed by atoms with Crippen molar-refractivity contribution < 1.29 is 0 Å². The zero-order valence-electron chi connectivity index (χ0n) is 10.7. The second-order valence-corrected chi connectivity index (χ2v) is 6.30. The molecule has 2 N–H and O–H groups in total. The third kappa shape index (κ3) is 3.75. The Labute approximate surface area is 109 Å². The van der Waals surface area contributed by atoms with Gasteiger partial charge in [0.05, 0.1) is 0 Å². The van der Waals surface area contributed by atoms with Gasteiger partial charge in [-0.25, -0.2) is 0 Å². The van der Waals surface area contributed by atoms with Crippen molar-refractivity contribution in [1.82, 2.24) is 0 Å². The summed E-state index contributed by atoms with van der Waals surface area (Å²) >= 11 is 1.95. The van der Waals surface area contributed by atoms with E-state index in [-0.39, 0.29) is 0 Å². The van der Waals surface area contributed by atoms with Gasteiger partial charge >= 0.3 is 0 Å². The molecule has 0 aromatic rings. The fourth-order valence-electron chi connectivity index (χ4n) is 2.63. The lowest BCUT2D eigenvalue weighted by Crippen LogP contribution is -2.08. The van der Waals surface area contributed by atoms with Crippen LogP contribution in [-0.2, 0) is 0 Å². The summed E-state index contributed by atoms with van der Waals surface area (Å²) < 4.78 is 0. The largest absolute Gasteiger partial charge is 0.330 e. The van der Waals surface area contributed by atoms with Crippen molar-refractivity contribution in [3.8, 4) is 0 Å². The SMILES string of the molecule is CC1=CCC=C(C2=CCCC(CCN)CC2)S1. The molecule has 0 amide bonds. The van der Waals surface area contributed by atoms with E-state index in [1.54, 1.807) is 5.57 Å². The molecule has 0 saturated carbocycles. The van der Waals surface area contributed by atoms with E-state index in [9.17, 15) is 0 Å². The topological polar surface area (TPSA) is 26.0 Å². The van der Waals surface area contributed by atoms with Gasteiger partial charge in [-0.05, 0) is 68.4 Å². The van der Waals surface area contributed by atoms with Crippen LogP contribution in [0.5, 0.6) is 0 Å². The summed E-state index contributed by atoms with van der Waals surface area (Å²) in [7, 11) is 0. The van der Waals surface area contributed by atoms with Crippen LogP contribution in [0.25, 0.3) is 0 Å². The molecule has 1 atom stereocenters. The smallest absolute Gasteiger partial charge is 0.0110 e. The summed E-state index contributed by atoms with van der Waals surface area (Å²) in [6.45, 7) is 3.06. The predicted octanol–water partition coefficient (Wildman–Crippen LogP) is 4.38. The summed E-state index contributed by atoms with van der Waals surface area (Å²) in [4.78, 5) is 2.96. The maximum absolute atomic E-state index is 5.67. The molecule has 17 heavy (non-hydrogen) atoms. The van der Waals surface area contributed by atoms with Crippen LogP contribution >= 0.6 is 11.8 Å². The van der Waals surface area contributed by atoms with E-state index in [1.807, 2.05) is 11.8 Å². The van der Waals surface area contributed by atoms with Crippen LogP contribution in [0.1, 0.15) is 45.4 Å². The highest BCUT2D eigenvalue weighted by molar-refractivity contribution is 8.07. The molecule has 1 aliphatic heterocycles. The zero-order chi connectivity index (χ0) is 12.1. The summed E-state index contributed by atoms with van der Waals surface area (Å²) in [6, 6.07) is 0. The first-order valence-corrected chi connectivity index (χ1v) is 7.55. The molecule has 0 fully saturated rings. The Balaban J connectivity index is 1.94. The number of rotatable bonds is 3. The van der Waals surface area contributed by atoms with Crippen molar-refractivity contribution in [1.29, 1.82) is 0 Å². The van der Waals surface area contributed by atoms with Gasteiger partial charge in [-0.3, -0.25) is 0 Å². The van der Waals surface area contributed by atoms with Gasteiger partial charge in [0, 0.05) is 4.91 Å². The Morgan fingerprint density at radius 3 is 2.94 bits per heavy atom. The first-order valence-electron chi connectivity index (χ1n) is 6.74. The summed E-state index contributed by atoms with van der Waals surface area (Å²) in [5.74, 6) is 0.847. The van der Waals surface area contributed by atoms with E-state index in [4.69, 9.17) is 5.73 Å². The first kappa shape index (κ1) is 13.0. The molecule has 0 saturated heterocycles. The first-order chi connectivity index (χ1) is 8.29. The third-order valence-electron chi connectivity index (χ3n) is 3.66. The van der Waals surface area contributed by atoms with Crippen molar-refractivity contribution in [2.75, 3.05) is 6.54 Å². The highest BCUT2D eigenvalue weighted by atomic mass is 32.2. The molecule has 94 valence electrons. The van der Waals surface area contributed by atoms with Gasteiger partial charge in [-0.2, -0.15) is 0 Å². The van der Waals surface area contributed by atoms with Crippen LogP contribution in [0.15, 0.2) is 33.6 Å². The van der Waals surface area contributed by atoms with Gasteiger partial charge in [0.1, 0.15) is 0 Å². The molecule has 0 spiro atoms. The van der Waals surface area contributed by atoms with Crippen LogP contribution in [0, 0.1) is 5.92 Å². The lowest BCUT2D eigenvalue weighted by Gasteiger charge is -2.16. The number of hydrogen-bond acceptors (Lipinski definition) is 2. The fraction of sp³-hybridized carbons (Fsp3) is 0.600. The highest BCUT2D eigenvalue weighted by Crippen LogP contribution is 2.39. The quantitative estimate of drug-likeness (QED) is 0.803. The minimum atomic E-state index is 0.847. The van der Waals surface area contributed by atoms with E-state index < -0.39 is 0 Å². The van der Waals surface area contributed by atoms with Crippen molar-refractivity contribution in [2.24, 2.45) is 11.7 Å². The number of nitrogens with two attached hydrogens (primary N) is 1. The van der Waals surface area contributed by atoms with Crippen LogP contribution in [0.2, 0.25) is 0 Å². The number of allylic oxidation sites excluding steroid dienone is 5. The summed E-state index contributed by atoms with van der Waals surface area (Å²) in [5, 5.41) is 0. The van der Waals surface area contributed by atoms with Crippen LogP contribution in [-0.4, -0.2) is 6.54 Å². The van der Waals surface area contributed by atoms with E-state index in [1.165, 1.54) is 41.9 Å². The molecule has 1 heterocycles. The average molecular weight is 249 g/mol. The molecule has 0 aromatic heterocycles. The van der Waals surface area contributed by atoms with Gasteiger partial charge in [0.2, 0.25) is 0 Å². The number of thioether (sulfide) groups is 1. The van der Waals surface area contributed by atoms with Crippen LogP contribution in [0.4, 0.5) is 0 Å². The van der Waals surface area contributed by atoms with E-state index in [0.717, 1.165) is 18.9 Å². The van der Waals surface area contributed by atoms with Gasteiger partial charge in [0.15, 0.2) is 0 Å². The van der Waals surface area contributed by atoms with Crippen molar-refractivity contribution in [3.63, 3.8) is 0 Å². The maximum Gasteiger partial charge on any atom is 0.0110 e. The zero-order valence-corrected chi connectivity index (χ0v) is 11.6. The van der Waals surface area contributed by atoms with Gasteiger partial charge in [-0.15, -0.1) is 0 Å². The normalized spacial score (nSPS) is 25.8. The van der Waals surface area contributed by atoms with Gasteiger partial charge < -0.3 is 5.73 Å². The summed E-state index contributed by atoms with van der Waals surface area (Å²) in [6.07, 6.45) is 14.6. The minimum absolute atomic E-state index is 0.847. The number of hydrogen-bond donors (Lipinski definition) is 1. The fourth-order valence-corrected chi connectivity index (χ4v) is 3.66. The van der Waals surface area contributed by atoms with Crippen LogP contribution < -0.4 is 5.73 Å². The lowest BCUT2D eigenvalue weighted by molar-refractivity contribution is 0.439. The maximum atomic E-state index is 5.67. The lowest BCUT2D eigenvalue weighted by atomic mass is 9.95. The Morgan fingerprint density at radius 1 is 1.29 bits per heavy atom. The Kier molecular flexibility index (Phi) is 4.93. The second-order valence-electron chi connectivity index (χ2n) is 5.01. The molecule has 1 unspecified atom stereocenters. The standard InChI is InChI=1S/C15H23NS/c1-12-4-2-7-15(17-12)14-6-3-5-13(8-9-14)10-11-16/h4,6-7,13H,2-3,5,8-11,16H2,1H3. The van der Waals surface area contributed by atoms with Crippen LogP contribution in [0.3, 0.4) is 0 Å².